The minimum absolute atomic E-state index is 0.468. The Bertz CT molecular complexity index is 179. The molecule has 1 rings (SSSR count). The summed E-state index contributed by atoms with van der Waals surface area (Å²) < 4.78 is 2.20. The zero-order valence-corrected chi connectivity index (χ0v) is 7.25. The van der Waals surface area contributed by atoms with Crippen LogP contribution in [-0.2, 0) is 0 Å². The quantitative estimate of drug-likeness (QED) is 0.698. The third kappa shape index (κ3) is 2.09. The monoisotopic (exact) mass is 152 g/mol. The second kappa shape index (κ2) is 4.19. The lowest BCUT2D eigenvalue weighted by Gasteiger charge is -2.16. The van der Waals surface area contributed by atoms with Crippen molar-refractivity contribution in [2.75, 3.05) is 7.05 Å². The Labute approximate surface area is 68.2 Å². The van der Waals surface area contributed by atoms with Crippen LogP contribution in [0.15, 0.2) is 24.5 Å². The zero-order chi connectivity index (χ0) is 8.10. The van der Waals surface area contributed by atoms with Gasteiger partial charge in [0, 0.05) is 12.4 Å². The van der Waals surface area contributed by atoms with Crippen LogP contribution in [0.5, 0.6) is 0 Å². The molecule has 2 heteroatoms. The van der Waals surface area contributed by atoms with Gasteiger partial charge in [-0.05, 0) is 25.6 Å². The van der Waals surface area contributed by atoms with E-state index in [1.54, 1.807) is 0 Å². The number of aromatic nitrogens is 1. The first-order valence-corrected chi connectivity index (χ1v) is 4.18. The molecule has 1 N–H and O–H groups in total. The fraction of sp³-hybridized carbons (Fsp3) is 0.556. The summed E-state index contributed by atoms with van der Waals surface area (Å²) in [5.41, 5.74) is 0. The number of hydrogen-bond donors (Lipinski definition) is 1. The van der Waals surface area contributed by atoms with E-state index in [9.17, 15) is 0 Å². The topological polar surface area (TPSA) is 17.0 Å². The van der Waals surface area contributed by atoms with E-state index in [0.29, 0.717) is 6.17 Å². The predicted molar refractivity (Wildman–Crippen MR) is 47.4 cm³/mol. The number of nitrogens with zero attached hydrogens (tertiary/aromatic N) is 1. The van der Waals surface area contributed by atoms with Crippen molar-refractivity contribution < 1.29 is 0 Å². The van der Waals surface area contributed by atoms with Gasteiger partial charge < -0.3 is 9.88 Å². The molecule has 0 aliphatic carbocycles. The maximum Gasteiger partial charge on any atom is 0.0830 e. The minimum atomic E-state index is 0.468. The van der Waals surface area contributed by atoms with Gasteiger partial charge in [0.1, 0.15) is 0 Å². The maximum atomic E-state index is 3.27. The van der Waals surface area contributed by atoms with Crippen molar-refractivity contribution in [3.8, 4) is 0 Å². The minimum Gasteiger partial charge on any atom is -0.339 e. The first-order chi connectivity index (χ1) is 5.38. The van der Waals surface area contributed by atoms with E-state index in [1.165, 1.54) is 12.8 Å². The molecule has 0 saturated carbocycles. The van der Waals surface area contributed by atoms with E-state index in [1.807, 2.05) is 7.05 Å². The smallest absolute Gasteiger partial charge is 0.0830 e. The second-order valence-corrected chi connectivity index (χ2v) is 2.72. The molecule has 1 unspecified atom stereocenters. The summed E-state index contributed by atoms with van der Waals surface area (Å²) >= 11 is 0. The molecule has 0 spiro atoms. The molecule has 0 aliphatic heterocycles. The molecule has 2 nitrogen and oxygen atoms in total. The summed E-state index contributed by atoms with van der Waals surface area (Å²) in [4.78, 5) is 0. The van der Waals surface area contributed by atoms with Crippen molar-refractivity contribution in [3.63, 3.8) is 0 Å². The fourth-order valence-corrected chi connectivity index (χ4v) is 1.27. The highest BCUT2D eigenvalue weighted by molar-refractivity contribution is 4.92. The van der Waals surface area contributed by atoms with E-state index in [-0.39, 0.29) is 0 Å². The van der Waals surface area contributed by atoms with Gasteiger partial charge in [-0.25, -0.2) is 0 Å². The van der Waals surface area contributed by atoms with Crippen LogP contribution in [0, 0.1) is 0 Å². The summed E-state index contributed by atoms with van der Waals surface area (Å²) in [5.74, 6) is 0. The molecule has 1 aromatic heterocycles. The van der Waals surface area contributed by atoms with E-state index < -0.39 is 0 Å². The van der Waals surface area contributed by atoms with Crippen LogP contribution in [0.3, 0.4) is 0 Å². The molecule has 62 valence electrons. The molecule has 0 aromatic carbocycles. The van der Waals surface area contributed by atoms with Crippen LogP contribution in [0.4, 0.5) is 0 Å². The summed E-state index contributed by atoms with van der Waals surface area (Å²) in [5, 5.41) is 3.27. The molecular weight excluding hydrogens is 136 g/mol. The van der Waals surface area contributed by atoms with E-state index in [2.05, 4.69) is 41.3 Å². The summed E-state index contributed by atoms with van der Waals surface area (Å²) in [6, 6.07) is 4.11. The van der Waals surface area contributed by atoms with Gasteiger partial charge in [0.25, 0.3) is 0 Å². The van der Waals surface area contributed by atoms with Crippen molar-refractivity contribution in [2.24, 2.45) is 0 Å². The van der Waals surface area contributed by atoms with Gasteiger partial charge in [0.05, 0.1) is 6.17 Å². The molecule has 0 radical (unpaired) electrons. The summed E-state index contributed by atoms with van der Waals surface area (Å²) in [6.45, 7) is 2.20. The largest absolute Gasteiger partial charge is 0.339 e. The van der Waals surface area contributed by atoms with E-state index >= 15 is 0 Å². The third-order valence-electron chi connectivity index (χ3n) is 1.88. The zero-order valence-electron chi connectivity index (χ0n) is 7.25. The van der Waals surface area contributed by atoms with Crippen molar-refractivity contribution >= 4 is 0 Å². The second-order valence-electron chi connectivity index (χ2n) is 2.72. The van der Waals surface area contributed by atoms with Crippen molar-refractivity contribution in [1.82, 2.24) is 9.88 Å². The Balaban J connectivity index is 2.56. The van der Waals surface area contributed by atoms with Gasteiger partial charge in [-0.3, -0.25) is 0 Å². The number of hydrogen-bond acceptors (Lipinski definition) is 1. The maximum absolute atomic E-state index is 3.27. The molecule has 0 amide bonds. The molecule has 0 aliphatic rings. The molecule has 11 heavy (non-hydrogen) atoms. The number of nitrogens with one attached hydrogen (secondary N) is 1. The first kappa shape index (κ1) is 8.34. The molecule has 1 aromatic rings. The van der Waals surface area contributed by atoms with Gasteiger partial charge in [-0.15, -0.1) is 0 Å². The molecule has 0 bridgehead atoms. The highest BCUT2D eigenvalue weighted by atomic mass is 15.1. The molecule has 1 atom stereocenters. The molecular formula is C9H16N2. The average Bonchev–Trinajstić information content (AvgIpc) is 2.52. The Hall–Kier alpha value is -0.760. The number of rotatable bonds is 4. The lowest BCUT2D eigenvalue weighted by Crippen LogP contribution is -2.21. The van der Waals surface area contributed by atoms with Crippen molar-refractivity contribution in [1.29, 1.82) is 0 Å². The Morgan fingerprint density at radius 2 is 2.00 bits per heavy atom. The van der Waals surface area contributed by atoms with Crippen molar-refractivity contribution in [3.05, 3.63) is 24.5 Å². The highest BCUT2D eigenvalue weighted by Crippen LogP contribution is 2.08. The van der Waals surface area contributed by atoms with Crippen LogP contribution >= 0.6 is 0 Å². The standard InChI is InChI=1S/C9H16N2/c1-3-6-9(10-2)11-7-4-5-8-11/h4-5,7-10H,3,6H2,1-2H3. The molecule has 1 heterocycles. The lowest BCUT2D eigenvalue weighted by atomic mass is 10.3. The Morgan fingerprint density at radius 1 is 1.36 bits per heavy atom. The third-order valence-corrected chi connectivity index (χ3v) is 1.88. The lowest BCUT2D eigenvalue weighted by molar-refractivity contribution is 0.405. The summed E-state index contributed by atoms with van der Waals surface area (Å²) in [7, 11) is 2.00. The van der Waals surface area contributed by atoms with Crippen LogP contribution < -0.4 is 5.32 Å². The van der Waals surface area contributed by atoms with Gasteiger partial charge in [-0.2, -0.15) is 0 Å². The van der Waals surface area contributed by atoms with E-state index in [4.69, 9.17) is 0 Å². The summed E-state index contributed by atoms with van der Waals surface area (Å²) in [6.07, 6.45) is 7.05. The van der Waals surface area contributed by atoms with Crippen molar-refractivity contribution in [2.45, 2.75) is 25.9 Å². The van der Waals surface area contributed by atoms with Gasteiger partial charge in [-0.1, -0.05) is 13.3 Å². The molecule has 0 saturated heterocycles. The highest BCUT2D eigenvalue weighted by Gasteiger charge is 2.03. The first-order valence-electron chi connectivity index (χ1n) is 4.18. The van der Waals surface area contributed by atoms with Crippen LogP contribution in [-0.4, -0.2) is 11.6 Å². The van der Waals surface area contributed by atoms with Gasteiger partial charge in [0.15, 0.2) is 0 Å². The fourth-order valence-electron chi connectivity index (χ4n) is 1.27. The molecule has 0 fully saturated rings. The van der Waals surface area contributed by atoms with Gasteiger partial charge in [0.2, 0.25) is 0 Å². The predicted octanol–water partition coefficient (Wildman–Crippen LogP) is 2.01. The van der Waals surface area contributed by atoms with E-state index in [0.717, 1.165) is 0 Å². The SMILES string of the molecule is CCCC(NC)n1cccc1. The van der Waals surface area contributed by atoms with Crippen LogP contribution in [0.1, 0.15) is 25.9 Å². The van der Waals surface area contributed by atoms with Crippen LogP contribution in [0.25, 0.3) is 0 Å². The Kier molecular flexibility index (Phi) is 3.17. The van der Waals surface area contributed by atoms with Crippen LogP contribution in [0.2, 0.25) is 0 Å². The normalized spacial score (nSPS) is 13.3. The average molecular weight is 152 g/mol. The Morgan fingerprint density at radius 3 is 2.45 bits per heavy atom. The van der Waals surface area contributed by atoms with Gasteiger partial charge >= 0.3 is 0 Å².